The van der Waals surface area contributed by atoms with E-state index in [-0.39, 0.29) is 36.2 Å². The molecule has 30 heavy (non-hydrogen) atoms. The zero-order valence-electron chi connectivity index (χ0n) is 17.7. The van der Waals surface area contributed by atoms with E-state index in [1.165, 1.54) is 12.8 Å². The summed E-state index contributed by atoms with van der Waals surface area (Å²) in [7, 11) is 0. The number of amides is 3. The standard InChI is InChI=1S/C23H32N4O3/c1-15-12-20(28)14-18-13-17(22(29)25-11-6-16-2-3-16)4-5-21(18)27(15)23(30)26-19-7-9-24-10-8-19/h4-5,13,15-16,19,24H,2-3,6-12,14H2,1H3,(H,25,29)(H,26,30)/t15-/m0/s1. The van der Waals surface area contributed by atoms with Crippen LogP contribution in [-0.2, 0) is 11.2 Å². The normalized spacial score (nSPS) is 22.2. The number of anilines is 1. The van der Waals surface area contributed by atoms with Gasteiger partial charge in [0.15, 0.2) is 0 Å². The Kier molecular flexibility index (Phi) is 6.37. The third kappa shape index (κ3) is 5.01. The first-order valence-corrected chi connectivity index (χ1v) is 11.2. The van der Waals surface area contributed by atoms with Gasteiger partial charge in [0, 0.05) is 42.7 Å². The van der Waals surface area contributed by atoms with Crippen molar-refractivity contribution < 1.29 is 14.4 Å². The van der Waals surface area contributed by atoms with Gasteiger partial charge in [-0.3, -0.25) is 14.5 Å². The number of ketones is 1. The van der Waals surface area contributed by atoms with Crippen LogP contribution in [0.3, 0.4) is 0 Å². The minimum absolute atomic E-state index is 0.0900. The molecule has 2 fully saturated rings. The largest absolute Gasteiger partial charge is 0.352 e. The van der Waals surface area contributed by atoms with Crippen LogP contribution in [0.15, 0.2) is 18.2 Å². The summed E-state index contributed by atoms with van der Waals surface area (Å²) in [6, 6.07) is 5.12. The molecule has 2 aliphatic heterocycles. The summed E-state index contributed by atoms with van der Waals surface area (Å²) in [5.41, 5.74) is 2.03. The van der Waals surface area contributed by atoms with Crippen molar-refractivity contribution in [2.24, 2.45) is 5.92 Å². The monoisotopic (exact) mass is 412 g/mol. The number of Topliss-reactive ketones (excluding diaryl/α,β-unsaturated/α-hetero) is 1. The van der Waals surface area contributed by atoms with Crippen LogP contribution in [0.1, 0.15) is 61.4 Å². The van der Waals surface area contributed by atoms with Crippen LogP contribution < -0.4 is 20.9 Å². The lowest BCUT2D eigenvalue weighted by Gasteiger charge is -2.32. The molecule has 1 aromatic carbocycles. The van der Waals surface area contributed by atoms with Crippen LogP contribution >= 0.6 is 0 Å². The van der Waals surface area contributed by atoms with E-state index in [0.29, 0.717) is 18.5 Å². The van der Waals surface area contributed by atoms with E-state index in [9.17, 15) is 14.4 Å². The minimum atomic E-state index is -0.223. The molecule has 0 bridgehead atoms. The van der Waals surface area contributed by atoms with Crippen molar-refractivity contribution >= 4 is 23.4 Å². The summed E-state index contributed by atoms with van der Waals surface area (Å²) in [6.45, 7) is 4.39. The molecule has 1 atom stereocenters. The maximum Gasteiger partial charge on any atom is 0.322 e. The first-order valence-electron chi connectivity index (χ1n) is 11.2. The molecule has 1 aliphatic carbocycles. The average Bonchev–Trinajstić information content (AvgIpc) is 3.54. The number of nitrogens with zero attached hydrogens (tertiary/aromatic N) is 1. The molecule has 0 radical (unpaired) electrons. The van der Waals surface area contributed by atoms with Crippen LogP contribution in [-0.4, -0.2) is 49.4 Å². The number of hydrogen-bond acceptors (Lipinski definition) is 4. The van der Waals surface area contributed by atoms with Crippen molar-refractivity contribution in [3.05, 3.63) is 29.3 Å². The Labute approximate surface area is 178 Å². The van der Waals surface area contributed by atoms with Crippen molar-refractivity contribution in [1.29, 1.82) is 0 Å². The maximum atomic E-state index is 13.1. The summed E-state index contributed by atoms with van der Waals surface area (Å²) in [5.74, 6) is 0.740. The zero-order chi connectivity index (χ0) is 21.1. The smallest absolute Gasteiger partial charge is 0.322 e. The fourth-order valence-corrected chi connectivity index (χ4v) is 4.46. The van der Waals surface area contributed by atoms with E-state index in [0.717, 1.165) is 49.5 Å². The number of rotatable bonds is 5. The summed E-state index contributed by atoms with van der Waals surface area (Å²) < 4.78 is 0. The fourth-order valence-electron chi connectivity index (χ4n) is 4.46. The van der Waals surface area contributed by atoms with Gasteiger partial charge >= 0.3 is 6.03 Å². The molecule has 162 valence electrons. The SMILES string of the molecule is C[C@H]1CC(=O)Cc2cc(C(=O)NCCC3CC3)ccc2N1C(=O)NC1CCNCC1. The number of benzene rings is 1. The molecule has 4 rings (SSSR count). The molecule has 3 N–H and O–H groups in total. The van der Waals surface area contributed by atoms with E-state index in [1.54, 1.807) is 17.0 Å². The Morgan fingerprint density at radius 3 is 2.67 bits per heavy atom. The molecule has 1 saturated heterocycles. The second-order valence-corrected chi connectivity index (χ2v) is 8.94. The van der Waals surface area contributed by atoms with Crippen LogP contribution in [0.25, 0.3) is 0 Å². The van der Waals surface area contributed by atoms with Crippen LogP contribution in [0, 0.1) is 5.92 Å². The van der Waals surface area contributed by atoms with Crippen LogP contribution in [0.5, 0.6) is 0 Å². The Morgan fingerprint density at radius 2 is 1.93 bits per heavy atom. The predicted molar refractivity (Wildman–Crippen MR) is 116 cm³/mol. The van der Waals surface area contributed by atoms with E-state index in [1.807, 2.05) is 13.0 Å². The molecule has 2 heterocycles. The highest BCUT2D eigenvalue weighted by Gasteiger charge is 2.31. The highest BCUT2D eigenvalue weighted by molar-refractivity contribution is 6.00. The highest BCUT2D eigenvalue weighted by atomic mass is 16.2. The number of carbonyl (C=O) groups excluding carboxylic acids is 3. The Balaban J connectivity index is 1.51. The molecule has 0 spiro atoms. The molecular formula is C23H32N4O3. The van der Waals surface area contributed by atoms with Gasteiger partial charge in [0.1, 0.15) is 5.78 Å². The number of fused-ring (bicyclic) bond motifs is 1. The number of urea groups is 1. The number of hydrogen-bond donors (Lipinski definition) is 3. The lowest BCUT2D eigenvalue weighted by molar-refractivity contribution is -0.118. The minimum Gasteiger partial charge on any atom is -0.352 e. The van der Waals surface area contributed by atoms with E-state index in [4.69, 9.17) is 0 Å². The molecule has 7 nitrogen and oxygen atoms in total. The number of carbonyl (C=O) groups is 3. The molecule has 1 aromatic rings. The molecule has 0 unspecified atom stereocenters. The van der Waals surface area contributed by atoms with Gasteiger partial charge in [-0.25, -0.2) is 4.79 Å². The van der Waals surface area contributed by atoms with Crippen molar-refractivity contribution in [3.8, 4) is 0 Å². The second kappa shape index (κ2) is 9.16. The van der Waals surface area contributed by atoms with Crippen LogP contribution in [0.2, 0.25) is 0 Å². The fraction of sp³-hybridized carbons (Fsp3) is 0.609. The number of piperidine rings is 1. The van der Waals surface area contributed by atoms with Gasteiger partial charge in [-0.15, -0.1) is 0 Å². The average molecular weight is 413 g/mol. The maximum absolute atomic E-state index is 13.1. The molecule has 3 aliphatic rings. The van der Waals surface area contributed by atoms with Crippen molar-refractivity contribution in [3.63, 3.8) is 0 Å². The molecule has 0 aromatic heterocycles. The molecular weight excluding hydrogens is 380 g/mol. The molecule has 1 saturated carbocycles. The Bertz CT molecular complexity index is 815. The molecule has 3 amide bonds. The Morgan fingerprint density at radius 1 is 1.17 bits per heavy atom. The van der Waals surface area contributed by atoms with Gasteiger partial charge in [-0.1, -0.05) is 12.8 Å². The quantitative estimate of drug-likeness (QED) is 0.693. The summed E-state index contributed by atoms with van der Waals surface area (Å²) >= 11 is 0. The first kappa shape index (κ1) is 20.8. The van der Waals surface area contributed by atoms with Crippen molar-refractivity contribution in [1.82, 2.24) is 16.0 Å². The van der Waals surface area contributed by atoms with Gasteiger partial charge < -0.3 is 16.0 Å². The van der Waals surface area contributed by atoms with E-state index < -0.39 is 0 Å². The van der Waals surface area contributed by atoms with Gasteiger partial charge in [0.2, 0.25) is 0 Å². The van der Waals surface area contributed by atoms with Gasteiger partial charge in [0.05, 0.1) is 0 Å². The van der Waals surface area contributed by atoms with Crippen molar-refractivity contribution in [2.75, 3.05) is 24.5 Å². The van der Waals surface area contributed by atoms with Crippen LogP contribution in [0.4, 0.5) is 10.5 Å². The highest BCUT2D eigenvalue weighted by Crippen LogP contribution is 2.32. The van der Waals surface area contributed by atoms with Gasteiger partial charge in [-0.2, -0.15) is 0 Å². The first-order chi connectivity index (χ1) is 14.5. The number of nitrogens with one attached hydrogen (secondary N) is 3. The van der Waals surface area contributed by atoms with Crippen molar-refractivity contribution in [2.45, 2.75) is 64.0 Å². The lowest BCUT2D eigenvalue weighted by atomic mass is 10.0. The third-order valence-corrected chi connectivity index (χ3v) is 6.37. The lowest BCUT2D eigenvalue weighted by Crippen LogP contribution is -2.51. The van der Waals surface area contributed by atoms with Gasteiger partial charge in [-0.05, 0) is 69.0 Å². The summed E-state index contributed by atoms with van der Waals surface area (Å²) in [6.07, 6.45) is 5.93. The molecule has 7 heteroatoms. The predicted octanol–water partition coefficient (Wildman–Crippen LogP) is 2.39. The zero-order valence-corrected chi connectivity index (χ0v) is 17.7. The Hall–Kier alpha value is -2.41. The summed E-state index contributed by atoms with van der Waals surface area (Å²) in [4.78, 5) is 39.9. The summed E-state index contributed by atoms with van der Waals surface area (Å²) in [5, 5.41) is 9.42. The van der Waals surface area contributed by atoms with E-state index >= 15 is 0 Å². The van der Waals surface area contributed by atoms with E-state index in [2.05, 4.69) is 16.0 Å². The second-order valence-electron chi connectivity index (χ2n) is 8.94. The topological polar surface area (TPSA) is 90.5 Å². The third-order valence-electron chi connectivity index (χ3n) is 6.37. The van der Waals surface area contributed by atoms with Gasteiger partial charge in [0.25, 0.3) is 5.91 Å².